The minimum Gasteiger partial charge on any atom is -0.493 e. The predicted octanol–water partition coefficient (Wildman–Crippen LogP) is 2.98. The molecule has 0 radical (unpaired) electrons. The summed E-state index contributed by atoms with van der Waals surface area (Å²) in [4.78, 5) is 17.2. The Morgan fingerprint density at radius 2 is 1.80 bits per heavy atom. The highest BCUT2D eigenvalue weighted by molar-refractivity contribution is 7.98. The summed E-state index contributed by atoms with van der Waals surface area (Å²) in [5.41, 5.74) is 0.851. The number of nitrogens with zero attached hydrogens (tertiary/aromatic N) is 2. The number of aryl methyl sites for hydroxylation is 1. The van der Waals surface area contributed by atoms with Gasteiger partial charge in [-0.1, -0.05) is 29.5 Å². The Labute approximate surface area is 183 Å². The van der Waals surface area contributed by atoms with E-state index in [4.69, 9.17) is 9.47 Å². The standard InChI is InChI=1S/C20H22N2O5S3/c1-26-16-11-15-18(12-17(16)27-2)29-20(22(15)9-10-28-3)21-19(23)13-30(24,25)14-7-5-4-6-8-14/h4-8,11-12H,9-10,13H2,1-3H3. The molecule has 10 heteroatoms. The quantitative estimate of drug-likeness (QED) is 0.507. The van der Waals surface area contributed by atoms with Crippen LogP contribution in [0.25, 0.3) is 10.2 Å². The molecule has 0 unspecified atom stereocenters. The van der Waals surface area contributed by atoms with Gasteiger partial charge >= 0.3 is 0 Å². The molecule has 0 saturated heterocycles. The van der Waals surface area contributed by atoms with Gasteiger partial charge in [0.1, 0.15) is 5.75 Å². The average Bonchev–Trinajstić information content (AvgIpc) is 3.06. The highest BCUT2D eigenvalue weighted by Crippen LogP contribution is 2.33. The van der Waals surface area contributed by atoms with Gasteiger partial charge in [-0.15, -0.1) is 0 Å². The lowest BCUT2D eigenvalue weighted by Gasteiger charge is -2.09. The Hall–Kier alpha value is -2.30. The molecule has 1 heterocycles. The second-order valence-corrected chi connectivity index (χ2v) is 10.3. The first-order valence-corrected chi connectivity index (χ1v) is 12.9. The van der Waals surface area contributed by atoms with Gasteiger partial charge in [-0.25, -0.2) is 8.42 Å². The average molecular weight is 467 g/mol. The minimum absolute atomic E-state index is 0.106. The largest absolute Gasteiger partial charge is 0.493 e. The normalized spacial score (nSPS) is 12.3. The Kier molecular flexibility index (Phi) is 7.22. The van der Waals surface area contributed by atoms with Crippen molar-refractivity contribution in [3.8, 4) is 11.5 Å². The zero-order chi connectivity index (χ0) is 21.7. The van der Waals surface area contributed by atoms with Gasteiger partial charge in [-0.2, -0.15) is 16.8 Å². The molecule has 0 aliphatic heterocycles. The second kappa shape index (κ2) is 9.67. The van der Waals surface area contributed by atoms with Crippen LogP contribution < -0.4 is 14.3 Å². The van der Waals surface area contributed by atoms with Crippen molar-refractivity contribution in [2.24, 2.45) is 4.99 Å². The summed E-state index contributed by atoms with van der Waals surface area (Å²) in [7, 11) is -0.634. The van der Waals surface area contributed by atoms with Crippen LogP contribution in [0.15, 0.2) is 52.4 Å². The predicted molar refractivity (Wildman–Crippen MR) is 120 cm³/mol. The highest BCUT2D eigenvalue weighted by atomic mass is 32.2. The van der Waals surface area contributed by atoms with Gasteiger partial charge in [0.15, 0.2) is 26.1 Å². The summed E-state index contributed by atoms with van der Waals surface area (Å²) < 4.78 is 38.5. The molecule has 7 nitrogen and oxygen atoms in total. The Morgan fingerprint density at radius 3 is 2.43 bits per heavy atom. The first-order chi connectivity index (χ1) is 14.4. The number of thioether (sulfide) groups is 1. The van der Waals surface area contributed by atoms with Crippen LogP contribution >= 0.6 is 23.1 Å². The van der Waals surface area contributed by atoms with Crippen LogP contribution in [0.1, 0.15) is 0 Å². The van der Waals surface area contributed by atoms with Crippen molar-refractivity contribution in [1.29, 1.82) is 0 Å². The molecule has 3 aromatic rings. The maximum Gasteiger partial charge on any atom is 0.263 e. The molecule has 0 spiro atoms. The minimum atomic E-state index is -3.75. The summed E-state index contributed by atoms with van der Waals surface area (Å²) in [6, 6.07) is 11.6. The molecule has 0 saturated carbocycles. The van der Waals surface area contributed by atoms with Crippen molar-refractivity contribution >= 4 is 49.1 Å². The Bertz CT molecular complexity index is 1210. The van der Waals surface area contributed by atoms with Gasteiger partial charge in [0.25, 0.3) is 5.91 Å². The van der Waals surface area contributed by atoms with Crippen LogP contribution in [0.3, 0.4) is 0 Å². The topological polar surface area (TPSA) is 87.0 Å². The molecular formula is C20H22N2O5S3. The number of hydrogen-bond acceptors (Lipinski definition) is 7. The van der Waals surface area contributed by atoms with Crippen molar-refractivity contribution in [3.63, 3.8) is 0 Å². The number of sulfone groups is 1. The van der Waals surface area contributed by atoms with Crippen molar-refractivity contribution in [1.82, 2.24) is 4.57 Å². The van der Waals surface area contributed by atoms with Gasteiger partial charge in [0.2, 0.25) is 0 Å². The smallest absolute Gasteiger partial charge is 0.263 e. The second-order valence-electron chi connectivity index (χ2n) is 6.28. The Balaban J connectivity index is 2.04. The van der Waals surface area contributed by atoms with Crippen molar-refractivity contribution < 1.29 is 22.7 Å². The van der Waals surface area contributed by atoms with Crippen molar-refractivity contribution in [3.05, 3.63) is 47.3 Å². The molecule has 3 rings (SSSR count). The van der Waals surface area contributed by atoms with E-state index in [9.17, 15) is 13.2 Å². The van der Waals surface area contributed by atoms with Crippen molar-refractivity contribution in [2.75, 3.05) is 32.0 Å². The number of aromatic nitrogens is 1. The third-order valence-corrected chi connectivity index (χ3v) is 7.59. The summed E-state index contributed by atoms with van der Waals surface area (Å²) in [6.07, 6.45) is 1.99. The summed E-state index contributed by atoms with van der Waals surface area (Å²) in [5.74, 6) is 0.574. The number of carbonyl (C=O) groups is 1. The summed E-state index contributed by atoms with van der Waals surface area (Å²) >= 11 is 2.98. The molecule has 1 amide bonds. The Morgan fingerprint density at radius 1 is 1.13 bits per heavy atom. The van der Waals surface area contributed by atoms with E-state index in [1.54, 1.807) is 44.2 Å². The van der Waals surface area contributed by atoms with Gasteiger partial charge in [0.05, 0.1) is 29.3 Å². The van der Waals surface area contributed by atoms with Gasteiger partial charge < -0.3 is 14.0 Å². The lowest BCUT2D eigenvalue weighted by molar-refractivity contribution is -0.115. The van der Waals surface area contributed by atoms with Crippen LogP contribution in [0.2, 0.25) is 0 Å². The van der Waals surface area contributed by atoms with Crippen molar-refractivity contribution in [2.45, 2.75) is 11.4 Å². The molecule has 30 heavy (non-hydrogen) atoms. The number of benzene rings is 2. The van der Waals surface area contributed by atoms with E-state index >= 15 is 0 Å². The fourth-order valence-corrected chi connectivity index (χ4v) is 5.47. The number of hydrogen-bond donors (Lipinski definition) is 0. The van der Waals surface area contributed by atoms with Crippen LogP contribution in [0.5, 0.6) is 11.5 Å². The molecule has 1 aromatic heterocycles. The number of methoxy groups -OCH3 is 2. The molecule has 2 aromatic carbocycles. The van der Waals surface area contributed by atoms with Crippen LogP contribution in [-0.2, 0) is 21.2 Å². The lowest BCUT2D eigenvalue weighted by Crippen LogP contribution is -2.21. The SMILES string of the molecule is COc1cc2sc(=NC(=O)CS(=O)(=O)c3ccccc3)n(CCSC)c2cc1OC. The monoisotopic (exact) mass is 466 g/mol. The third-order valence-electron chi connectivity index (χ3n) is 4.34. The maximum absolute atomic E-state index is 12.5. The van der Waals surface area contributed by atoms with Crippen LogP contribution in [0.4, 0.5) is 0 Å². The lowest BCUT2D eigenvalue weighted by atomic mass is 10.3. The molecule has 0 atom stereocenters. The van der Waals surface area contributed by atoms with E-state index in [0.717, 1.165) is 16.0 Å². The van der Waals surface area contributed by atoms with Gasteiger partial charge in [-0.3, -0.25) is 4.79 Å². The van der Waals surface area contributed by atoms with E-state index < -0.39 is 21.5 Å². The molecule has 0 N–H and O–H groups in total. The van der Waals surface area contributed by atoms with E-state index in [0.29, 0.717) is 22.8 Å². The number of amides is 1. The first kappa shape index (κ1) is 22.4. The number of fused-ring (bicyclic) bond motifs is 1. The van der Waals surface area contributed by atoms with Gasteiger partial charge in [-0.05, 0) is 18.4 Å². The molecule has 0 aliphatic rings. The van der Waals surface area contributed by atoms with Crippen LogP contribution in [0, 0.1) is 0 Å². The van der Waals surface area contributed by atoms with Crippen LogP contribution in [-0.4, -0.2) is 50.9 Å². The summed E-state index contributed by atoms with van der Waals surface area (Å²) in [6.45, 7) is 0.619. The first-order valence-electron chi connectivity index (χ1n) is 8.99. The number of carbonyl (C=O) groups excluding carboxylic acids is 1. The number of rotatable bonds is 8. The summed E-state index contributed by atoms with van der Waals surface area (Å²) in [5, 5.41) is 0. The van der Waals surface area contributed by atoms with Gasteiger partial charge in [0, 0.05) is 24.4 Å². The molecule has 160 valence electrons. The molecular weight excluding hydrogens is 444 g/mol. The van der Waals surface area contributed by atoms with E-state index in [1.165, 1.54) is 23.5 Å². The van der Waals surface area contributed by atoms with E-state index in [-0.39, 0.29) is 4.90 Å². The molecule has 0 fully saturated rings. The van der Waals surface area contributed by atoms with E-state index in [2.05, 4.69) is 4.99 Å². The zero-order valence-electron chi connectivity index (χ0n) is 16.8. The third kappa shape index (κ3) is 4.88. The highest BCUT2D eigenvalue weighted by Gasteiger charge is 2.19. The maximum atomic E-state index is 12.5. The fraction of sp³-hybridized carbons (Fsp3) is 0.300. The molecule has 0 aliphatic carbocycles. The van der Waals surface area contributed by atoms with E-state index in [1.807, 2.05) is 23.0 Å². The number of ether oxygens (including phenoxy) is 2. The fourth-order valence-electron chi connectivity index (χ4n) is 2.89. The molecule has 0 bridgehead atoms. The number of thiazole rings is 1. The zero-order valence-corrected chi connectivity index (χ0v) is 19.3.